The lowest BCUT2D eigenvalue weighted by Crippen LogP contribution is -2.48. The second kappa shape index (κ2) is 8.14. The lowest BCUT2D eigenvalue weighted by atomic mass is 10.1. The summed E-state index contributed by atoms with van der Waals surface area (Å²) in [6.07, 6.45) is 1.61. The second-order valence-corrected chi connectivity index (χ2v) is 6.13. The van der Waals surface area contributed by atoms with E-state index in [1.54, 1.807) is 6.26 Å². The van der Waals surface area contributed by atoms with E-state index in [0.717, 1.165) is 22.6 Å². The lowest BCUT2D eigenvalue weighted by Gasteiger charge is -2.16. The maximum Gasteiger partial charge on any atom is 0.189 e. The van der Waals surface area contributed by atoms with E-state index in [2.05, 4.69) is 21.5 Å². The molecule has 8 heteroatoms. The number of anilines is 1. The van der Waals surface area contributed by atoms with Crippen molar-refractivity contribution < 1.29 is 4.42 Å². The Labute approximate surface area is 150 Å². The van der Waals surface area contributed by atoms with E-state index in [9.17, 15) is 0 Å². The molecule has 122 valence electrons. The zero-order valence-corrected chi connectivity index (χ0v) is 15.1. The Morgan fingerprint density at radius 1 is 1.17 bits per heavy atom. The predicted octanol–water partition coefficient (Wildman–Crippen LogP) is 3.42. The topological polar surface area (TPSA) is 61.3 Å². The van der Waals surface area contributed by atoms with E-state index < -0.39 is 0 Å². The quantitative estimate of drug-likeness (QED) is 0.489. The van der Waals surface area contributed by atoms with Gasteiger partial charge in [0, 0.05) is 0 Å². The summed E-state index contributed by atoms with van der Waals surface area (Å²) in [6.45, 7) is 4.44. The van der Waals surface area contributed by atoms with Gasteiger partial charge in [0.2, 0.25) is 0 Å². The molecule has 2 aromatic rings. The van der Waals surface area contributed by atoms with Crippen molar-refractivity contribution in [3.8, 4) is 0 Å². The van der Waals surface area contributed by atoms with Gasteiger partial charge < -0.3 is 15.1 Å². The molecule has 0 fully saturated rings. The molecule has 5 nitrogen and oxygen atoms in total. The van der Waals surface area contributed by atoms with Crippen molar-refractivity contribution >= 4 is 51.9 Å². The van der Waals surface area contributed by atoms with Crippen LogP contribution in [0.25, 0.3) is 0 Å². The number of hydrogen-bond acceptors (Lipinski definition) is 3. The van der Waals surface area contributed by atoms with Crippen LogP contribution in [0.2, 0.25) is 5.02 Å². The van der Waals surface area contributed by atoms with Crippen molar-refractivity contribution in [2.45, 2.75) is 20.4 Å². The Morgan fingerprint density at radius 2 is 1.91 bits per heavy atom. The Morgan fingerprint density at radius 3 is 2.57 bits per heavy atom. The number of furan rings is 1. The number of nitrogens with one attached hydrogen (secondary N) is 4. The highest BCUT2D eigenvalue weighted by Gasteiger charge is 2.07. The van der Waals surface area contributed by atoms with Crippen LogP contribution in [0.5, 0.6) is 0 Å². The molecule has 0 saturated carbocycles. The summed E-state index contributed by atoms with van der Waals surface area (Å²) in [7, 11) is 0. The highest BCUT2D eigenvalue weighted by atomic mass is 35.5. The predicted molar refractivity (Wildman–Crippen MR) is 102 cm³/mol. The van der Waals surface area contributed by atoms with E-state index in [0.29, 0.717) is 21.8 Å². The first-order valence-corrected chi connectivity index (χ1v) is 8.05. The number of hydrogen-bond donors (Lipinski definition) is 4. The first-order valence-electron chi connectivity index (χ1n) is 6.85. The van der Waals surface area contributed by atoms with Gasteiger partial charge in [-0.25, -0.2) is 0 Å². The second-order valence-electron chi connectivity index (χ2n) is 4.90. The van der Waals surface area contributed by atoms with E-state index in [-0.39, 0.29) is 0 Å². The monoisotopic (exact) mass is 368 g/mol. The molecule has 0 aliphatic heterocycles. The number of aryl methyl sites for hydroxylation is 2. The summed E-state index contributed by atoms with van der Waals surface area (Å²) in [5.74, 6) is 0.789. The number of hydrazine groups is 1. The molecule has 0 unspecified atom stereocenters. The molecule has 0 saturated heterocycles. The fraction of sp³-hybridized carbons (Fsp3) is 0.200. The van der Waals surface area contributed by atoms with Crippen LogP contribution in [0.1, 0.15) is 16.9 Å². The summed E-state index contributed by atoms with van der Waals surface area (Å²) in [5.41, 5.74) is 8.48. The van der Waals surface area contributed by atoms with E-state index in [4.69, 9.17) is 40.5 Å². The van der Waals surface area contributed by atoms with Gasteiger partial charge in [-0.1, -0.05) is 17.7 Å². The van der Waals surface area contributed by atoms with Gasteiger partial charge in [0.1, 0.15) is 5.76 Å². The molecule has 0 radical (unpaired) electrons. The van der Waals surface area contributed by atoms with Crippen LogP contribution in [0.4, 0.5) is 5.69 Å². The van der Waals surface area contributed by atoms with E-state index in [1.165, 1.54) is 0 Å². The molecule has 0 aliphatic rings. The molecule has 0 spiro atoms. The Kier molecular flexibility index (Phi) is 6.20. The highest BCUT2D eigenvalue weighted by molar-refractivity contribution is 7.80. The molecule has 2 rings (SSSR count). The van der Waals surface area contributed by atoms with Crippen molar-refractivity contribution in [3.05, 3.63) is 52.4 Å². The van der Waals surface area contributed by atoms with Gasteiger partial charge in [-0.2, -0.15) is 0 Å². The van der Waals surface area contributed by atoms with Gasteiger partial charge in [-0.15, -0.1) is 0 Å². The molecule has 0 bridgehead atoms. The van der Waals surface area contributed by atoms with Crippen LogP contribution in [0.15, 0.2) is 34.9 Å². The van der Waals surface area contributed by atoms with Crippen LogP contribution in [-0.2, 0) is 6.54 Å². The first kappa shape index (κ1) is 17.5. The third-order valence-electron chi connectivity index (χ3n) is 2.96. The fourth-order valence-corrected chi connectivity index (χ4v) is 2.60. The van der Waals surface area contributed by atoms with Crippen molar-refractivity contribution in [3.63, 3.8) is 0 Å². The highest BCUT2D eigenvalue weighted by Crippen LogP contribution is 2.27. The molecule has 0 amide bonds. The molecule has 0 aliphatic carbocycles. The molecule has 23 heavy (non-hydrogen) atoms. The maximum atomic E-state index is 6.23. The van der Waals surface area contributed by atoms with Gasteiger partial charge in [0.25, 0.3) is 0 Å². The molecular formula is C15H17ClN4OS2. The van der Waals surface area contributed by atoms with Crippen LogP contribution in [0, 0.1) is 13.8 Å². The first-order chi connectivity index (χ1) is 11.0. The standard InChI is InChI=1S/C15H17ClN4OS2/c1-9-6-10(2)13(12(16)7-9)18-15(23)20-19-14(22)17-8-11-4-3-5-21-11/h3-7H,8H2,1-2H3,(H2,17,19,22)(H2,18,20,23). The molecular weight excluding hydrogens is 352 g/mol. The molecule has 1 aromatic heterocycles. The van der Waals surface area contributed by atoms with Crippen LogP contribution in [-0.4, -0.2) is 10.2 Å². The minimum absolute atomic E-state index is 0.362. The maximum absolute atomic E-state index is 6.23. The van der Waals surface area contributed by atoms with Gasteiger partial charge >= 0.3 is 0 Å². The van der Waals surface area contributed by atoms with Gasteiger partial charge in [0.15, 0.2) is 10.2 Å². The third kappa shape index (κ3) is 5.38. The summed E-state index contributed by atoms with van der Waals surface area (Å²) >= 11 is 16.6. The van der Waals surface area contributed by atoms with Crippen LogP contribution < -0.4 is 21.5 Å². The Hall–Kier alpha value is -1.83. The number of rotatable bonds is 3. The normalized spacial score (nSPS) is 10.0. The summed E-state index contributed by atoms with van der Waals surface area (Å²) in [5, 5.41) is 7.41. The minimum atomic E-state index is 0.362. The fourth-order valence-electron chi connectivity index (χ4n) is 1.96. The largest absolute Gasteiger partial charge is 0.467 e. The van der Waals surface area contributed by atoms with Gasteiger partial charge in [-0.3, -0.25) is 10.9 Å². The van der Waals surface area contributed by atoms with Gasteiger partial charge in [-0.05, 0) is 67.6 Å². The third-order valence-corrected chi connectivity index (χ3v) is 3.71. The van der Waals surface area contributed by atoms with Gasteiger partial charge in [0.05, 0.1) is 23.5 Å². The zero-order valence-electron chi connectivity index (χ0n) is 12.7. The summed E-state index contributed by atoms with van der Waals surface area (Å²) < 4.78 is 5.20. The zero-order chi connectivity index (χ0) is 16.8. The molecule has 1 aromatic carbocycles. The number of halogens is 1. The smallest absolute Gasteiger partial charge is 0.189 e. The summed E-state index contributed by atoms with van der Waals surface area (Å²) in [4.78, 5) is 0. The number of benzene rings is 1. The average molecular weight is 369 g/mol. The van der Waals surface area contributed by atoms with Crippen LogP contribution >= 0.6 is 36.0 Å². The molecule has 0 atom stereocenters. The lowest BCUT2D eigenvalue weighted by molar-refractivity contribution is 0.502. The number of thiocarbonyl (C=S) groups is 2. The van der Waals surface area contributed by atoms with Crippen molar-refractivity contribution in [1.29, 1.82) is 0 Å². The van der Waals surface area contributed by atoms with E-state index >= 15 is 0 Å². The van der Waals surface area contributed by atoms with Crippen molar-refractivity contribution in [2.24, 2.45) is 0 Å². The Balaban J connectivity index is 1.80. The molecule has 1 heterocycles. The SMILES string of the molecule is Cc1cc(C)c(NC(=S)NNC(=S)NCc2ccco2)c(Cl)c1. The molecule has 4 N–H and O–H groups in total. The Bertz CT molecular complexity index is 681. The van der Waals surface area contributed by atoms with Crippen molar-refractivity contribution in [1.82, 2.24) is 16.2 Å². The van der Waals surface area contributed by atoms with Crippen molar-refractivity contribution in [2.75, 3.05) is 5.32 Å². The minimum Gasteiger partial charge on any atom is -0.467 e. The van der Waals surface area contributed by atoms with Crippen LogP contribution in [0.3, 0.4) is 0 Å². The average Bonchev–Trinajstić information content (AvgIpc) is 3.00. The summed E-state index contributed by atoms with van der Waals surface area (Å²) in [6, 6.07) is 7.58. The van der Waals surface area contributed by atoms with E-state index in [1.807, 2.05) is 38.1 Å².